The van der Waals surface area contributed by atoms with Crippen LogP contribution >= 0.6 is 12.4 Å². The summed E-state index contributed by atoms with van der Waals surface area (Å²) in [6.45, 7) is 0.787. The van der Waals surface area contributed by atoms with Gasteiger partial charge in [-0.3, -0.25) is 0 Å². The first-order chi connectivity index (χ1) is 10.1. The molecule has 0 aromatic heterocycles. The fraction of sp³-hybridized carbons (Fsp3) is 0.294. The third-order valence-electron chi connectivity index (χ3n) is 2.83. The summed E-state index contributed by atoms with van der Waals surface area (Å²) >= 11 is 0. The standard InChI is InChI=1S/C17H21NO3.ClH/c1-18(2)12-14(19)13-20-16-10-6-7-11-17(16)21-15-8-4-3-5-9-15;/h3-11,14,19H,12-13H2,1-2H3;1H. The molecule has 0 heterocycles. The highest BCUT2D eigenvalue weighted by Crippen LogP contribution is 2.31. The van der Waals surface area contributed by atoms with E-state index in [-0.39, 0.29) is 19.0 Å². The van der Waals surface area contributed by atoms with Crippen LogP contribution in [0.2, 0.25) is 0 Å². The number of aliphatic hydroxyl groups excluding tert-OH is 1. The Bertz CT molecular complexity index is 549. The maximum Gasteiger partial charge on any atom is 0.169 e. The largest absolute Gasteiger partial charge is 0.487 e. The van der Waals surface area contributed by atoms with Crippen molar-refractivity contribution < 1.29 is 14.6 Å². The first-order valence-corrected chi connectivity index (χ1v) is 6.92. The zero-order chi connectivity index (χ0) is 15.1. The van der Waals surface area contributed by atoms with Crippen LogP contribution in [0.4, 0.5) is 0 Å². The number of benzene rings is 2. The molecule has 22 heavy (non-hydrogen) atoms. The fourth-order valence-electron chi connectivity index (χ4n) is 1.93. The lowest BCUT2D eigenvalue weighted by atomic mass is 10.3. The van der Waals surface area contributed by atoms with Crippen molar-refractivity contribution in [2.75, 3.05) is 27.2 Å². The summed E-state index contributed by atoms with van der Waals surface area (Å²) in [6.07, 6.45) is -0.537. The molecule has 0 bridgehead atoms. The molecule has 120 valence electrons. The van der Waals surface area contributed by atoms with E-state index in [1.165, 1.54) is 0 Å². The van der Waals surface area contributed by atoms with Crippen LogP contribution < -0.4 is 9.47 Å². The van der Waals surface area contributed by atoms with Gasteiger partial charge in [0.2, 0.25) is 0 Å². The van der Waals surface area contributed by atoms with E-state index in [4.69, 9.17) is 9.47 Å². The average Bonchev–Trinajstić information content (AvgIpc) is 2.47. The number of hydrogen-bond acceptors (Lipinski definition) is 4. The second-order valence-corrected chi connectivity index (χ2v) is 5.09. The van der Waals surface area contributed by atoms with Gasteiger partial charge in [-0.05, 0) is 38.4 Å². The van der Waals surface area contributed by atoms with Crippen molar-refractivity contribution in [2.45, 2.75) is 6.10 Å². The number of halogens is 1. The van der Waals surface area contributed by atoms with Crippen molar-refractivity contribution in [1.82, 2.24) is 4.90 Å². The average molecular weight is 324 g/mol. The van der Waals surface area contributed by atoms with E-state index >= 15 is 0 Å². The lowest BCUT2D eigenvalue weighted by Crippen LogP contribution is -2.30. The van der Waals surface area contributed by atoms with Crippen LogP contribution in [0, 0.1) is 0 Å². The van der Waals surface area contributed by atoms with Gasteiger partial charge in [-0.2, -0.15) is 0 Å². The first kappa shape index (κ1) is 18.3. The minimum absolute atomic E-state index is 0. The summed E-state index contributed by atoms with van der Waals surface area (Å²) in [4.78, 5) is 1.92. The SMILES string of the molecule is CN(C)CC(O)COc1ccccc1Oc1ccccc1.Cl. The number of para-hydroxylation sites is 3. The zero-order valence-electron chi connectivity index (χ0n) is 12.8. The van der Waals surface area contributed by atoms with Crippen molar-refractivity contribution in [3.63, 3.8) is 0 Å². The number of ether oxygens (including phenoxy) is 2. The molecular formula is C17H22ClNO3. The molecule has 0 aliphatic rings. The molecule has 0 spiro atoms. The molecule has 2 rings (SSSR count). The van der Waals surface area contributed by atoms with Crippen molar-refractivity contribution in [1.29, 1.82) is 0 Å². The number of aliphatic hydroxyl groups is 1. The minimum atomic E-state index is -0.537. The molecule has 4 nitrogen and oxygen atoms in total. The first-order valence-electron chi connectivity index (χ1n) is 6.92. The van der Waals surface area contributed by atoms with E-state index in [2.05, 4.69) is 0 Å². The molecule has 1 unspecified atom stereocenters. The summed E-state index contributed by atoms with van der Waals surface area (Å²) in [5.74, 6) is 2.02. The van der Waals surface area contributed by atoms with E-state index in [1.807, 2.05) is 73.6 Å². The lowest BCUT2D eigenvalue weighted by Gasteiger charge is -2.18. The lowest BCUT2D eigenvalue weighted by molar-refractivity contribution is 0.0821. The Labute approximate surface area is 137 Å². The molecule has 0 saturated heterocycles. The summed E-state index contributed by atoms with van der Waals surface area (Å²) in [6, 6.07) is 17.0. The highest BCUT2D eigenvalue weighted by Gasteiger charge is 2.10. The second kappa shape index (κ2) is 9.30. The monoisotopic (exact) mass is 323 g/mol. The highest BCUT2D eigenvalue weighted by molar-refractivity contribution is 5.85. The topological polar surface area (TPSA) is 41.9 Å². The maximum absolute atomic E-state index is 9.85. The molecular weight excluding hydrogens is 302 g/mol. The van der Waals surface area contributed by atoms with Gasteiger partial charge in [0.15, 0.2) is 11.5 Å². The second-order valence-electron chi connectivity index (χ2n) is 5.09. The van der Waals surface area contributed by atoms with Gasteiger partial charge in [0.1, 0.15) is 18.5 Å². The Morgan fingerprint density at radius 1 is 0.955 bits per heavy atom. The van der Waals surface area contributed by atoms with Crippen LogP contribution in [-0.2, 0) is 0 Å². The highest BCUT2D eigenvalue weighted by atomic mass is 35.5. The van der Waals surface area contributed by atoms with E-state index in [9.17, 15) is 5.11 Å². The smallest absolute Gasteiger partial charge is 0.169 e. The van der Waals surface area contributed by atoms with Crippen molar-refractivity contribution in [2.24, 2.45) is 0 Å². The van der Waals surface area contributed by atoms with Crippen LogP contribution in [0.5, 0.6) is 17.2 Å². The van der Waals surface area contributed by atoms with Gasteiger partial charge in [0.05, 0.1) is 0 Å². The van der Waals surface area contributed by atoms with Crippen LogP contribution in [0.15, 0.2) is 54.6 Å². The molecule has 0 aliphatic heterocycles. The summed E-state index contributed by atoms with van der Waals surface area (Å²) in [5, 5.41) is 9.85. The number of hydrogen-bond donors (Lipinski definition) is 1. The van der Waals surface area contributed by atoms with E-state index in [0.29, 0.717) is 18.0 Å². The van der Waals surface area contributed by atoms with Crippen molar-refractivity contribution in [3.05, 3.63) is 54.6 Å². The van der Waals surface area contributed by atoms with Crippen LogP contribution in [0.1, 0.15) is 0 Å². The van der Waals surface area contributed by atoms with Gasteiger partial charge in [0, 0.05) is 6.54 Å². The van der Waals surface area contributed by atoms with E-state index < -0.39 is 6.10 Å². The van der Waals surface area contributed by atoms with Gasteiger partial charge in [0.25, 0.3) is 0 Å². The minimum Gasteiger partial charge on any atom is -0.487 e. The molecule has 0 amide bonds. The zero-order valence-corrected chi connectivity index (χ0v) is 13.6. The van der Waals surface area contributed by atoms with E-state index in [0.717, 1.165) is 5.75 Å². The predicted molar refractivity (Wildman–Crippen MR) is 90.3 cm³/mol. The van der Waals surface area contributed by atoms with E-state index in [1.54, 1.807) is 0 Å². The quantitative estimate of drug-likeness (QED) is 0.849. The van der Waals surface area contributed by atoms with Gasteiger partial charge in [-0.25, -0.2) is 0 Å². The van der Waals surface area contributed by atoms with Crippen LogP contribution in [0.25, 0.3) is 0 Å². The normalized spacial score (nSPS) is 11.6. The Morgan fingerprint density at radius 3 is 2.18 bits per heavy atom. The van der Waals surface area contributed by atoms with Crippen LogP contribution in [0.3, 0.4) is 0 Å². The summed E-state index contributed by atoms with van der Waals surface area (Å²) in [5.41, 5.74) is 0. The van der Waals surface area contributed by atoms with Gasteiger partial charge in [-0.1, -0.05) is 30.3 Å². The molecule has 1 atom stereocenters. The van der Waals surface area contributed by atoms with Crippen molar-refractivity contribution in [3.8, 4) is 17.2 Å². The molecule has 0 aliphatic carbocycles. The number of rotatable bonds is 7. The number of nitrogens with zero attached hydrogens (tertiary/aromatic N) is 1. The number of likely N-dealkylation sites (N-methyl/N-ethyl adjacent to an activating group) is 1. The molecule has 0 radical (unpaired) electrons. The predicted octanol–water partition coefficient (Wildman–Crippen LogP) is 3.20. The Balaban J connectivity index is 0.00000242. The molecule has 2 aromatic rings. The molecule has 0 fully saturated rings. The summed E-state index contributed by atoms with van der Waals surface area (Å²) < 4.78 is 11.5. The third-order valence-corrected chi connectivity index (χ3v) is 2.83. The maximum atomic E-state index is 9.85. The van der Waals surface area contributed by atoms with Gasteiger partial charge >= 0.3 is 0 Å². The summed E-state index contributed by atoms with van der Waals surface area (Å²) in [7, 11) is 3.82. The Morgan fingerprint density at radius 2 is 1.55 bits per heavy atom. The molecule has 2 aromatic carbocycles. The van der Waals surface area contributed by atoms with Gasteiger partial charge < -0.3 is 19.5 Å². The Hall–Kier alpha value is -1.75. The van der Waals surface area contributed by atoms with Crippen molar-refractivity contribution >= 4 is 12.4 Å². The molecule has 5 heteroatoms. The fourth-order valence-corrected chi connectivity index (χ4v) is 1.93. The third kappa shape index (κ3) is 5.93. The van der Waals surface area contributed by atoms with Crippen LogP contribution in [-0.4, -0.2) is 43.4 Å². The van der Waals surface area contributed by atoms with Gasteiger partial charge in [-0.15, -0.1) is 12.4 Å². The molecule has 1 N–H and O–H groups in total. The molecule has 0 saturated carbocycles. The Kier molecular flexibility index (Phi) is 7.74.